The fourth-order valence-corrected chi connectivity index (χ4v) is 1.81. The van der Waals surface area contributed by atoms with Crippen LogP contribution >= 0.6 is 0 Å². The van der Waals surface area contributed by atoms with Gasteiger partial charge < -0.3 is 4.90 Å². The van der Waals surface area contributed by atoms with Crippen LogP contribution in [0.15, 0.2) is 54.6 Å². The highest BCUT2D eigenvalue weighted by atomic mass is 16.1. The Kier molecular flexibility index (Phi) is 3.55. The lowest BCUT2D eigenvalue weighted by atomic mass is 10.1. The molecule has 0 aliphatic rings. The Hall–Kier alpha value is -2.09. The van der Waals surface area contributed by atoms with Crippen LogP contribution in [0.3, 0.4) is 0 Å². The van der Waals surface area contributed by atoms with Gasteiger partial charge in [-0.1, -0.05) is 36.4 Å². The second-order valence-electron chi connectivity index (χ2n) is 4.05. The van der Waals surface area contributed by atoms with Crippen molar-refractivity contribution in [3.05, 3.63) is 65.7 Å². The van der Waals surface area contributed by atoms with Crippen molar-refractivity contribution >= 4 is 12.0 Å². The van der Waals surface area contributed by atoms with Crippen molar-refractivity contribution in [2.24, 2.45) is 0 Å². The van der Waals surface area contributed by atoms with Crippen LogP contribution in [0.4, 0.5) is 5.69 Å². The van der Waals surface area contributed by atoms with E-state index in [1.54, 1.807) is 0 Å². The predicted molar refractivity (Wildman–Crippen MR) is 70.4 cm³/mol. The molecule has 2 heteroatoms. The first-order valence-electron chi connectivity index (χ1n) is 5.60. The zero-order chi connectivity index (χ0) is 12.1. The van der Waals surface area contributed by atoms with Gasteiger partial charge in [-0.25, -0.2) is 0 Å². The zero-order valence-corrected chi connectivity index (χ0v) is 9.84. The Bertz CT molecular complexity index is 493. The molecule has 0 spiro atoms. The Balaban J connectivity index is 2.13. The molecule has 17 heavy (non-hydrogen) atoms. The molecule has 0 N–H and O–H groups in total. The molecule has 0 heterocycles. The van der Waals surface area contributed by atoms with Gasteiger partial charge in [-0.05, 0) is 23.8 Å². The average molecular weight is 225 g/mol. The summed E-state index contributed by atoms with van der Waals surface area (Å²) in [5.41, 5.74) is 3.04. The van der Waals surface area contributed by atoms with E-state index in [0.29, 0.717) is 0 Å². The van der Waals surface area contributed by atoms with Gasteiger partial charge in [-0.2, -0.15) is 0 Å². The van der Waals surface area contributed by atoms with Gasteiger partial charge in [0.15, 0.2) is 0 Å². The third kappa shape index (κ3) is 2.94. The van der Waals surface area contributed by atoms with E-state index in [4.69, 9.17) is 0 Å². The van der Waals surface area contributed by atoms with Crippen molar-refractivity contribution in [2.45, 2.75) is 6.54 Å². The highest BCUT2D eigenvalue weighted by molar-refractivity contribution is 5.74. The smallest absolute Gasteiger partial charge is 0.150 e. The molecule has 0 aromatic heterocycles. The van der Waals surface area contributed by atoms with Crippen LogP contribution in [0.25, 0.3) is 0 Å². The van der Waals surface area contributed by atoms with Crippen molar-refractivity contribution in [1.29, 1.82) is 0 Å². The second-order valence-corrected chi connectivity index (χ2v) is 4.05. The maximum atomic E-state index is 10.7. The van der Waals surface area contributed by atoms with Crippen molar-refractivity contribution in [2.75, 3.05) is 11.9 Å². The molecule has 0 aliphatic heterocycles. The van der Waals surface area contributed by atoms with Crippen molar-refractivity contribution in [1.82, 2.24) is 0 Å². The summed E-state index contributed by atoms with van der Waals surface area (Å²) in [6.45, 7) is 0.797. The fourth-order valence-electron chi connectivity index (χ4n) is 1.81. The van der Waals surface area contributed by atoms with E-state index in [9.17, 15) is 4.79 Å². The standard InChI is InChI=1S/C15H15NO/c1-16(15-8-3-2-4-9-15)11-13-6-5-7-14(10-13)12-17/h2-10,12H,11H2,1H3. The van der Waals surface area contributed by atoms with Crippen LogP contribution in [-0.4, -0.2) is 13.3 Å². The molecule has 0 atom stereocenters. The number of hydrogen-bond donors (Lipinski definition) is 0. The molecule has 2 rings (SSSR count). The molecule has 0 saturated carbocycles. The summed E-state index contributed by atoms with van der Waals surface area (Å²) in [7, 11) is 2.04. The summed E-state index contributed by atoms with van der Waals surface area (Å²) < 4.78 is 0. The van der Waals surface area contributed by atoms with E-state index in [0.717, 1.165) is 24.0 Å². The number of benzene rings is 2. The number of rotatable bonds is 4. The SMILES string of the molecule is CN(Cc1cccc(C=O)c1)c1ccccc1. The molecular formula is C15H15NO. The van der Waals surface area contributed by atoms with Gasteiger partial charge in [-0.3, -0.25) is 4.79 Å². The van der Waals surface area contributed by atoms with Crippen molar-refractivity contribution in [3.63, 3.8) is 0 Å². The van der Waals surface area contributed by atoms with Crippen LogP contribution in [-0.2, 0) is 6.54 Å². The molecule has 0 bridgehead atoms. The third-order valence-corrected chi connectivity index (χ3v) is 2.70. The molecule has 2 aromatic carbocycles. The van der Waals surface area contributed by atoms with Crippen LogP contribution in [0, 0.1) is 0 Å². The van der Waals surface area contributed by atoms with E-state index in [-0.39, 0.29) is 0 Å². The molecule has 0 saturated heterocycles. The number of para-hydroxylation sites is 1. The van der Waals surface area contributed by atoms with Crippen molar-refractivity contribution < 1.29 is 4.79 Å². The van der Waals surface area contributed by atoms with Crippen LogP contribution < -0.4 is 4.90 Å². The Morgan fingerprint density at radius 1 is 1.06 bits per heavy atom. The van der Waals surface area contributed by atoms with Gasteiger partial charge in [0.1, 0.15) is 6.29 Å². The number of carbonyl (C=O) groups excluding carboxylic acids is 1. The van der Waals surface area contributed by atoms with Gasteiger partial charge in [-0.15, -0.1) is 0 Å². The fraction of sp³-hybridized carbons (Fsp3) is 0.133. The van der Waals surface area contributed by atoms with Gasteiger partial charge in [0.2, 0.25) is 0 Å². The number of aldehydes is 1. The molecule has 0 amide bonds. The predicted octanol–water partition coefficient (Wildman–Crippen LogP) is 3.14. The minimum atomic E-state index is 0.726. The highest BCUT2D eigenvalue weighted by Crippen LogP contribution is 2.14. The molecule has 0 aliphatic carbocycles. The van der Waals surface area contributed by atoms with Gasteiger partial charge in [0.25, 0.3) is 0 Å². The monoisotopic (exact) mass is 225 g/mol. The molecule has 0 fully saturated rings. The Morgan fingerprint density at radius 2 is 1.82 bits per heavy atom. The minimum absolute atomic E-state index is 0.726. The number of carbonyl (C=O) groups is 1. The quantitative estimate of drug-likeness (QED) is 0.745. The first kappa shape index (κ1) is 11.4. The van der Waals surface area contributed by atoms with E-state index < -0.39 is 0 Å². The molecule has 86 valence electrons. The molecule has 2 nitrogen and oxygen atoms in total. The van der Waals surface area contributed by atoms with E-state index >= 15 is 0 Å². The van der Waals surface area contributed by atoms with Crippen LogP contribution in [0.1, 0.15) is 15.9 Å². The average Bonchev–Trinajstić information content (AvgIpc) is 2.40. The van der Waals surface area contributed by atoms with E-state index in [1.165, 1.54) is 5.69 Å². The lowest BCUT2D eigenvalue weighted by molar-refractivity contribution is 0.112. The summed E-state index contributed by atoms with van der Waals surface area (Å²) >= 11 is 0. The number of hydrogen-bond acceptors (Lipinski definition) is 2. The molecule has 2 aromatic rings. The lowest BCUT2D eigenvalue weighted by Gasteiger charge is -2.19. The normalized spacial score (nSPS) is 9.94. The van der Waals surface area contributed by atoms with E-state index in [1.807, 2.05) is 49.5 Å². The molecule has 0 radical (unpaired) electrons. The number of anilines is 1. The third-order valence-electron chi connectivity index (χ3n) is 2.70. The maximum Gasteiger partial charge on any atom is 0.150 e. The van der Waals surface area contributed by atoms with Gasteiger partial charge in [0, 0.05) is 24.8 Å². The first-order valence-corrected chi connectivity index (χ1v) is 5.60. The topological polar surface area (TPSA) is 20.3 Å². The Labute approximate surface area is 102 Å². The maximum absolute atomic E-state index is 10.7. The minimum Gasteiger partial charge on any atom is -0.370 e. The lowest BCUT2D eigenvalue weighted by Crippen LogP contribution is -2.16. The van der Waals surface area contributed by atoms with Crippen LogP contribution in [0.2, 0.25) is 0 Å². The van der Waals surface area contributed by atoms with Gasteiger partial charge >= 0.3 is 0 Å². The summed E-state index contributed by atoms with van der Waals surface area (Å²) in [4.78, 5) is 12.9. The second kappa shape index (κ2) is 5.30. The van der Waals surface area contributed by atoms with Crippen LogP contribution in [0.5, 0.6) is 0 Å². The molecular weight excluding hydrogens is 210 g/mol. The zero-order valence-electron chi connectivity index (χ0n) is 9.84. The Morgan fingerprint density at radius 3 is 2.53 bits per heavy atom. The molecule has 0 unspecified atom stereocenters. The highest BCUT2D eigenvalue weighted by Gasteiger charge is 2.01. The number of nitrogens with zero attached hydrogens (tertiary/aromatic N) is 1. The summed E-state index contributed by atoms with van der Waals surface area (Å²) in [5.74, 6) is 0. The van der Waals surface area contributed by atoms with Crippen molar-refractivity contribution in [3.8, 4) is 0 Å². The van der Waals surface area contributed by atoms with E-state index in [2.05, 4.69) is 17.0 Å². The summed E-state index contributed by atoms with van der Waals surface area (Å²) in [5, 5.41) is 0. The largest absolute Gasteiger partial charge is 0.370 e. The summed E-state index contributed by atoms with van der Waals surface area (Å²) in [6.07, 6.45) is 0.881. The summed E-state index contributed by atoms with van der Waals surface area (Å²) in [6, 6.07) is 17.9. The first-order chi connectivity index (χ1) is 8.29. The van der Waals surface area contributed by atoms with Gasteiger partial charge in [0.05, 0.1) is 0 Å².